The number of halogens is 1. The molecule has 4 unspecified atom stereocenters. The number of hydrogen-bond acceptors (Lipinski definition) is 5. The van der Waals surface area contributed by atoms with Crippen molar-refractivity contribution in [1.82, 2.24) is 10.2 Å². The third-order valence-electron chi connectivity index (χ3n) is 5.26. The number of carbonyl (C=O) groups excluding carboxylic acids is 2. The number of aliphatic imine (C=N–C) groups is 1. The number of allylic oxidation sites excluding steroid dienone is 3. The molecule has 1 saturated heterocycles. The maximum atomic E-state index is 13.1. The summed E-state index contributed by atoms with van der Waals surface area (Å²) in [6, 6.07) is -0.0836. The van der Waals surface area contributed by atoms with Gasteiger partial charge in [-0.05, 0) is 25.5 Å². The van der Waals surface area contributed by atoms with Crippen LogP contribution >= 0.6 is 0 Å². The number of rotatable bonds is 2. The second-order valence-electron chi connectivity index (χ2n) is 7.53. The molecule has 8 heteroatoms. The summed E-state index contributed by atoms with van der Waals surface area (Å²) in [6.45, 7) is 4.21. The highest BCUT2D eigenvalue weighted by atomic mass is 19.1. The maximum absolute atomic E-state index is 13.1. The molecule has 4 aliphatic rings. The van der Waals surface area contributed by atoms with Crippen LogP contribution in [0.15, 0.2) is 40.3 Å². The highest BCUT2D eigenvalue weighted by Crippen LogP contribution is 2.44. The molecule has 0 aromatic rings. The fourth-order valence-electron chi connectivity index (χ4n) is 3.68. The first-order valence-electron chi connectivity index (χ1n) is 8.67. The quantitative estimate of drug-likeness (QED) is 0.784. The first-order valence-corrected chi connectivity index (χ1v) is 8.67. The maximum Gasteiger partial charge on any atom is 0.414 e. The Bertz CT molecular complexity index is 815. The number of amidine groups is 1. The molecule has 0 bridgehead atoms. The van der Waals surface area contributed by atoms with E-state index in [0.717, 1.165) is 5.57 Å². The molecule has 2 fully saturated rings. The zero-order chi connectivity index (χ0) is 18.6. The first-order chi connectivity index (χ1) is 12.3. The van der Waals surface area contributed by atoms with E-state index in [2.05, 4.69) is 10.3 Å². The number of amides is 2. The van der Waals surface area contributed by atoms with Crippen molar-refractivity contribution in [2.75, 3.05) is 6.61 Å². The zero-order valence-corrected chi connectivity index (χ0v) is 14.7. The summed E-state index contributed by atoms with van der Waals surface area (Å²) in [7, 11) is 0. The van der Waals surface area contributed by atoms with Crippen molar-refractivity contribution < 1.29 is 18.7 Å². The van der Waals surface area contributed by atoms with Gasteiger partial charge in [-0.1, -0.05) is 6.92 Å². The Morgan fingerprint density at radius 3 is 2.88 bits per heavy atom. The highest BCUT2D eigenvalue weighted by Gasteiger charge is 2.45. The van der Waals surface area contributed by atoms with Crippen LogP contribution in [0.1, 0.15) is 26.7 Å². The van der Waals surface area contributed by atoms with E-state index in [1.54, 1.807) is 17.2 Å². The van der Waals surface area contributed by atoms with Crippen LogP contribution in [0.2, 0.25) is 0 Å². The summed E-state index contributed by atoms with van der Waals surface area (Å²) in [5.41, 5.74) is 7.72. The highest BCUT2D eigenvalue weighted by molar-refractivity contribution is 6.01. The lowest BCUT2D eigenvalue weighted by Crippen LogP contribution is -2.40. The predicted molar refractivity (Wildman–Crippen MR) is 92.4 cm³/mol. The number of fused-ring (bicyclic) bond motifs is 1. The number of nitrogens with zero attached hydrogens (tertiary/aromatic N) is 2. The average Bonchev–Trinajstić information content (AvgIpc) is 3.19. The first kappa shape index (κ1) is 16.8. The minimum absolute atomic E-state index is 0.0836. The zero-order valence-electron chi connectivity index (χ0n) is 14.7. The van der Waals surface area contributed by atoms with E-state index in [9.17, 15) is 14.0 Å². The molecule has 0 aromatic heterocycles. The lowest BCUT2D eigenvalue weighted by molar-refractivity contribution is -0.121. The summed E-state index contributed by atoms with van der Waals surface area (Å²) in [6.07, 6.45) is 4.55. The normalized spacial score (nSPS) is 35.6. The molecule has 7 nitrogen and oxygen atoms in total. The SMILES string of the molecule is CC1COC(=O)N1C1=CC2(C)CC(NC(=O)C3CC3F)=NC=C2C(N)=C1. The Balaban J connectivity index is 1.60. The summed E-state index contributed by atoms with van der Waals surface area (Å²) < 4.78 is 18.2. The molecule has 26 heavy (non-hydrogen) atoms. The van der Waals surface area contributed by atoms with E-state index in [1.165, 1.54) is 0 Å². The Kier molecular flexibility index (Phi) is 3.68. The second kappa shape index (κ2) is 5.69. The van der Waals surface area contributed by atoms with E-state index < -0.39 is 23.6 Å². The van der Waals surface area contributed by atoms with Gasteiger partial charge in [-0.25, -0.2) is 14.2 Å². The predicted octanol–water partition coefficient (Wildman–Crippen LogP) is 1.73. The van der Waals surface area contributed by atoms with Gasteiger partial charge in [0.1, 0.15) is 18.6 Å². The van der Waals surface area contributed by atoms with Gasteiger partial charge in [0.05, 0.1) is 12.0 Å². The number of hydrogen-bond donors (Lipinski definition) is 2. The molecule has 4 rings (SSSR count). The Labute approximate surface area is 150 Å². The van der Waals surface area contributed by atoms with E-state index >= 15 is 0 Å². The van der Waals surface area contributed by atoms with Crippen LogP contribution in [-0.4, -0.2) is 41.6 Å². The topological polar surface area (TPSA) is 97.0 Å². The number of cyclic esters (lactones) is 1. The fourth-order valence-corrected chi connectivity index (χ4v) is 3.68. The molecule has 138 valence electrons. The van der Waals surface area contributed by atoms with Crippen molar-refractivity contribution in [2.45, 2.75) is 38.9 Å². The van der Waals surface area contributed by atoms with E-state index in [-0.39, 0.29) is 18.4 Å². The molecule has 0 radical (unpaired) electrons. The standard InChI is InChI=1S/C18H21FN4O3/c1-9-8-26-17(25)23(9)10-3-14(20)12-7-21-15(6-18(12,2)5-10)22-16(24)11-4-13(11)19/h3,5,7,9,11,13H,4,6,8,20H2,1-2H3,(H,21,22,24). The van der Waals surface area contributed by atoms with Crippen molar-refractivity contribution >= 4 is 17.8 Å². The summed E-state index contributed by atoms with van der Waals surface area (Å²) in [5.74, 6) is -0.432. The lowest BCUT2D eigenvalue weighted by atomic mass is 9.73. The average molecular weight is 360 g/mol. The van der Waals surface area contributed by atoms with Crippen LogP contribution in [0.25, 0.3) is 0 Å². The largest absolute Gasteiger partial charge is 0.447 e. The van der Waals surface area contributed by atoms with Gasteiger partial charge in [0.2, 0.25) is 5.91 Å². The van der Waals surface area contributed by atoms with Crippen molar-refractivity contribution in [1.29, 1.82) is 0 Å². The molecule has 2 aliphatic heterocycles. The van der Waals surface area contributed by atoms with Gasteiger partial charge in [0.15, 0.2) is 0 Å². The number of nitrogens with one attached hydrogen (secondary N) is 1. The molecular weight excluding hydrogens is 339 g/mol. The molecule has 2 heterocycles. The molecule has 4 atom stereocenters. The molecule has 2 aliphatic carbocycles. The molecule has 3 N–H and O–H groups in total. The molecule has 0 aromatic carbocycles. The molecule has 0 spiro atoms. The second-order valence-corrected chi connectivity index (χ2v) is 7.53. The summed E-state index contributed by atoms with van der Waals surface area (Å²) in [4.78, 5) is 29.9. The van der Waals surface area contributed by atoms with Crippen LogP contribution < -0.4 is 11.1 Å². The van der Waals surface area contributed by atoms with Gasteiger partial charge < -0.3 is 15.8 Å². The third kappa shape index (κ3) is 2.69. The lowest BCUT2D eigenvalue weighted by Gasteiger charge is -2.37. The van der Waals surface area contributed by atoms with Gasteiger partial charge in [0.25, 0.3) is 0 Å². The number of alkyl halides is 1. The summed E-state index contributed by atoms with van der Waals surface area (Å²) >= 11 is 0. The minimum atomic E-state index is -1.05. The van der Waals surface area contributed by atoms with Crippen molar-refractivity contribution in [2.24, 2.45) is 22.1 Å². The van der Waals surface area contributed by atoms with Crippen LogP contribution in [0.5, 0.6) is 0 Å². The van der Waals surface area contributed by atoms with Crippen molar-refractivity contribution in [3.63, 3.8) is 0 Å². The Morgan fingerprint density at radius 2 is 2.27 bits per heavy atom. The van der Waals surface area contributed by atoms with Crippen LogP contribution in [-0.2, 0) is 9.53 Å². The van der Waals surface area contributed by atoms with Crippen LogP contribution in [0.4, 0.5) is 9.18 Å². The molecule has 2 amide bonds. The van der Waals surface area contributed by atoms with Gasteiger partial charge in [-0.3, -0.25) is 9.69 Å². The van der Waals surface area contributed by atoms with Crippen molar-refractivity contribution in [3.8, 4) is 0 Å². The van der Waals surface area contributed by atoms with Crippen LogP contribution in [0, 0.1) is 11.3 Å². The third-order valence-corrected chi connectivity index (χ3v) is 5.26. The van der Waals surface area contributed by atoms with E-state index in [4.69, 9.17) is 10.5 Å². The van der Waals surface area contributed by atoms with Gasteiger partial charge in [-0.2, -0.15) is 0 Å². The van der Waals surface area contributed by atoms with Gasteiger partial charge >= 0.3 is 6.09 Å². The number of nitrogens with two attached hydrogens (primary N) is 1. The summed E-state index contributed by atoms with van der Waals surface area (Å²) in [5, 5.41) is 2.72. The van der Waals surface area contributed by atoms with Crippen molar-refractivity contribution in [3.05, 3.63) is 35.3 Å². The van der Waals surface area contributed by atoms with Gasteiger partial charge in [0, 0.05) is 35.0 Å². The molecule has 1 saturated carbocycles. The van der Waals surface area contributed by atoms with E-state index in [0.29, 0.717) is 30.3 Å². The van der Waals surface area contributed by atoms with E-state index in [1.807, 2.05) is 19.9 Å². The minimum Gasteiger partial charge on any atom is -0.447 e. The smallest absolute Gasteiger partial charge is 0.414 e. The fraction of sp³-hybridized carbons (Fsp3) is 0.500. The number of carbonyl (C=O) groups is 2. The van der Waals surface area contributed by atoms with Crippen LogP contribution in [0.3, 0.4) is 0 Å². The Hall–Kier alpha value is -2.64. The van der Waals surface area contributed by atoms with Gasteiger partial charge in [-0.15, -0.1) is 0 Å². The molecular formula is C18H21FN4O3. The Morgan fingerprint density at radius 1 is 1.54 bits per heavy atom. The monoisotopic (exact) mass is 360 g/mol. The number of ether oxygens (including phenoxy) is 1.